The van der Waals surface area contributed by atoms with E-state index in [2.05, 4.69) is 10.6 Å². The molecule has 3 N–H and O–H groups in total. The third kappa shape index (κ3) is 5.07. The Morgan fingerprint density at radius 2 is 1.77 bits per heavy atom. The zero-order chi connectivity index (χ0) is 20.9. The molecule has 0 saturated carbocycles. The summed E-state index contributed by atoms with van der Waals surface area (Å²) < 4.78 is 23.6. The molecule has 2 aliphatic heterocycles. The number of amides is 2. The van der Waals surface area contributed by atoms with Crippen LogP contribution in [0.2, 0.25) is 0 Å². The maximum absolute atomic E-state index is 13.0. The number of ether oxygens (including phenoxy) is 2. The molecule has 1 fully saturated rings. The Morgan fingerprint density at radius 1 is 1.03 bits per heavy atom. The molecule has 2 aromatic rings. The summed E-state index contributed by atoms with van der Waals surface area (Å²) in [6, 6.07) is 11.2. The van der Waals surface area contributed by atoms with Crippen molar-refractivity contribution in [3.05, 3.63) is 59.4 Å². The van der Waals surface area contributed by atoms with Crippen molar-refractivity contribution in [1.82, 2.24) is 10.6 Å². The molecule has 2 amide bonds. The van der Waals surface area contributed by atoms with E-state index in [-0.39, 0.29) is 30.5 Å². The van der Waals surface area contributed by atoms with Gasteiger partial charge in [0, 0.05) is 31.0 Å². The van der Waals surface area contributed by atoms with Gasteiger partial charge in [-0.1, -0.05) is 6.07 Å². The highest BCUT2D eigenvalue weighted by molar-refractivity contribution is 5.94. The second-order valence-electron chi connectivity index (χ2n) is 7.65. The van der Waals surface area contributed by atoms with Crippen LogP contribution in [0.1, 0.15) is 28.8 Å². The van der Waals surface area contributed by atoms with Gasteiger partial charge < -0.3 is 25.0 Å². The molecule has 0 bridgehead atoms. The van der Waals surface area contributed by atoms with Crippen LogP contribution in [0, 0.1) is 5.82 Å². The summed E-state index contributed by atoms with van der Waals surface area (Å²) >= 11 is 0. The topological polar surface area (TPSA) is 81.1 Å². The standard InChI is InChI=1S/C22H24FN3O4/c23-17-4-2-16(3-5-17)22(28)25-18-7-9-26(10-8-18)13-21(27)24-12-15-1-6-19-20(11-15)30-14-29-19/h1-6,11,18H,7-10,12-14H2,(H,24,27)(H,25,28)/p+1. The van der Waals surface area contributed by atoms with Crippen LogP contribution in [0.4, 0.5) is 4.39 Å². The zero-order valence-corrected chi connectivity index (χ0v) is 16.6. The molecule has 4 rings (SSSR count). The predicted molar refractivity (Wildman–Crippen MR) is 107 cm³/mol. The number of fused-ring (bicyclic) bond motifs is 1. The molecule has 0 radical (unpaired) electrons. The summed E-state index contributed by atoms with van der Waals surface area (Å²) in [5.41, 5.74) is 1.42. The van der Waals surface area contributed by atoms with Crippen molar-refractivity contribution in [3.8, 4) is 11.5 Å². The van der Waals surface area contributed by atoms with Gasteiger partial charge in [0.15, 0.2) is 18.0 Å². The summed E-state index contributed by atoms with van der Waals surface area (Å²) in [7, 11) is 0. The van der Waals surface area contributed by atoms with Crippen molar-refractivity contribution < 1.29 is 28.4 Å². The molecular weight excluding hydrogens is 389 g/mol. The largest absolute Gasteiger partial charge is 0.454 e. The Kier molecular flexibility index (Phi) is 6.13. The lowest BCUT2D eigenvalue weighted by atomic mass is 10.0. The van der Waals surface area contributed by atoms with E-state index in [1.165, 1.54) is 29.2 Å². The smallest absolute Gasteiger partial charge is 0.275 e. The molecule has 2 heterocycles. The molecular formula is C22H25FN3O4+. The lowest BCUT2D eigenvalue weighted by Gasteiger charge is -2.29. The number of carbonyl (C=O) groups is 2. The van der Waals surface area contributed by atoms with E-state index in [0.717, 1.165) is 37.2 Å². The minimum atomic E-state index is -0.361. The number of carbonyl (C=O) groups excluding carboxylic acids is 2. The van der Waals surface area contributed by atoms with Crippen LogP contribution < -0.4 is 25.0 Å². The van der Waals surface area contributed by atoms with Gasteiger partial charge in [-0.2, -0.15) is 0 Å². The number of benzene rings is 2. The molecule has 2 aliphatic rings. The number of hydrogen-bond acceptors (Lipinski definition) is 4. The van der Waals surface area contributed by atoms with E-state index >= 15 is 0 Å². The average molecular weight is 414 g/mol. The maximum Gasteiger partial charge on any atom is 0.275 e. The van der Waals surface area contributed by atoms with Crippen LogP contribution in [0.5, 0.6) is 11.5 Å². The van der Waals surface area contributed by atoms with Crippen molar-refractivity contribution in [2.75, 3.05) is 26.4 Å². The Labute approximate surface area is 174 Å². The Hall–Kier alpha value is -3.13. The van der Waals surface area contributed by atoms with Gasteiger partial charge in [-0.25, -0.2) is 4.39 Å². The Bertz CT molecular complexity index is 911. The summed E-state index contributed by atoms with van der Waals surface area (Å²) in [4.78, 5) is 25.8. The van der Waals surface area contributed by atoms with Crippen LogP contribution in [0.25, 0.3) is 0 Å². The molecule has 0 unspecified atom stereocenters. The molecule has 7 nitrogen and oxygen atoms in total. The molecule has 158 valence electrons. The fourth-order valence-electron chi connectivity index (χ4n) is 3.76. The van der Waals surface area contributed by atoms with Gasteiger partial charge in [-0.15, -0.1) is 0 Å². The van der Waals surface area contributed by atoms with Gasteiger partial charge in [0.25, 0.3) is 11.8 Å². The highest BCUT2D eigenvalue weighted by Crippen LogP contribution is 2.32. The van der Waals surface area contributed by atoms with E-state index in [0.29, 0.717) is 24.4 Å². The molecule has 2 aromatic carbocycles. The van der Waals surface area contributed by atoms with Crippen molar-refractivity contribution in [3.63, 3.8) is 0 Å². The normalized spacial score (nSPS) is 19.9. The Balaban J connectivity index is 1.17. The molecule has 8 heteroatoms. The lowest BCUT2D eigenvalue weighted by molar-refractivity contribution is -0.897. The second kappa shape index (κ2) is 9.13. The van der Waals surface area contributed by atoms with Crippen molar-refractivity contribution >= 4 is 11.8 Å². The quantitative estimate of drug-likeness (QED) is 0.649. The van der Waals surface area contributed by atoms with Gasteiger partial charge in [0.05, 0.1) is 13.1 Å². The lowest BCUT2D eigenvalue weighted by Crippen LogP contribution is -3.14. The van der Waals surface area contributed by atoms with Crippen molar-refractivity contribution in [2.24, 2.45) is 0 Å². The first-order valence-corrected chi connectivity index (χ1v) is 10.1. The SMILES string of the molecule is O=C(C[NH+]1CCC(NC(=O)c2ccc(F)cc2)CC1)NCc1ccc2c(c1)OCO2. The molecule has 0 spiro atoms. The molecule has 30 heavy (non-hydrogen) atoms. The zero-order valence-electron chi connectivity index (χ0n) is 16.6. The van der Waals surface area contributed by atoms with Crippen molar-refractivity contribution in [2.45, 2.75) is 25.4 Å². The van der Waals surface area contributed by atoms with Gasteiger partial charge in [0.2, 0.25) is 6.79 Å². The highest BCUT2D eigenvalue weighted by Gasteiger charge is 2.25. The van der Waals surface area contributed by atoms with Crippen LogP contribution >= 0.6 is 0 Å². The minimum Gasteiger partial charge on any atom is -0.454 e. The molecule has 0 aromatic heterocycles. The van der Waals surface area contributed by atoms with E-state index in [1.54, 1.807) is 0 Å². The third-order valence-electron chi connectivity index (χ3n) is 5.47. The number of likely N-dealkylation sites (tertiary alicyclic amines) is 1. The summed E-state index contributed by atoms with van der Waals surface area (Å²) in [5, 5.41) is 5.95. The summed E-state index contributed by atoms with van der Waals surface area (Å²) in [6.07, 6.45) is 1.61. The highest BCUT2D eigenvalue weighted by atomic mass is 19.1. The van der Waals surface area contributed by atoms with Gasteiger partial charge >= 0.3 is 0 Å². The van der Waals surface area contributed by atoms with Crippen LogP contribution in [-0.4, -0.2) is 44.3 Å². The maximum atomic E-state index is 13.0. The number of nitrogens with one attached hydrogen (secondary N) is 3. The number of rotatable bonds is 6. The van der Waals surface area contributed by atoms with E-state index in [1.807, 2.05) is 18.2 Å². The fourth-order valence-corrected chi connectivity index (χ4v) is 3.76. The predicted octanol–water partition coefficient (Wildman–Crippen LogP) is 0.648. The molecule has 0 atom stereocenters. The van der Waals surface area contributed by atoms with E-state index in [4.69, 9.17) is 9.47 Å². The van der Waals surface area contributed by atoms with Crippen LogP contribution in [0.3, 0.4) is 0 Å². The van der Waals surface area contributed by atoms with Gasteiger partial charge in [0.1, 0.15) is 5.82 Å². The summed E-state index contributed by atoms with van der Waals surface area (Å²) in [5.74, 6) is 0.877. The van der Waals surface area contributed by atoms with Crippen molar-refractivity contribution in [1.29, 1.82) is 0 Å². The monoisotopic (exact) mass is 414 g/mol. The third-order valence-corrected chi connectivity index (χ3v) is 5.47. The minimum absolute atomic E-state index is 0.00327. The first-order valence-electron chi connectivity index (χ1n) is 10.1. The first-order chi connectivity index (χ1) is 14.6. The molecule has 0 aliphatic carbocycles. The summed E-state index contributed by atoms with van der Waals surface area (Å²) in [6.45, 7) is 2.70. The van der Waals surface area contributed by atoms with Crippen LogP contribution in [0.15, 0.2) is 42.5 Å². The number of quaternary nitrogens is 1. The van der Waals surface area contributed by atoms with Gasteiger partial charge in [-0.3, -0.25) is 9.59 Å². The second-order valence-corrected chi connectivity index (χ2v) is 7.65. The van der Waals surface area contributed by atoms with Gasteiger partial charge in [-0.05, 0) is 42.0 Å². The number of hydrogen-bond donors (Lipinski definition) is 3. The first kappa shape index (κ1) is 20.2. The van der Waals surface area contributed by atoms with Crippen LogP contribution in [-0.2, 0) is 11.3 Å². The molecule has 1 saturated heterocycles. The number of piperidine rings is 1. The average Bonchev–Trinajstić information content (AvgIpc) is 3.22. The van der Waals surface area contributed by atoms with E-state index in [9.17, 15) is 14.0 Å². The van der Waals surface area contributed by atoms with E-state index < -0.39 is 0 Å². The number of halogens is 1. The Morgan fingerprint density at radius 3 is 2.53 bits per heavy atom. The fraction of sp³-hybridized carbons (Fsp3) is 0.364.